The molecule has 0 aliphatic rings. The van der Waals surface area contributed by atoms with Gasteiger partial charge in [-0.05, 0) is 25.5 Å². The number of nitrogens with two attached hydrogens (primary N) is 1. The lowest BCUT2D eigenvalue weighted by molar-refractivity contribution is 0.0955. The largest absolute Gasteiger partial charge is 0.382 e. The number of hydrogen-bond donors (Lipinski definition) is 2. The van der Waals surface area contributed by atoms with Crippen LogP contribution in [-0.2, 0) is 6.54 Å². The highest BCUT2D eigenvalue weighted by atomic mass is 32.1. The fraction of sp³-hybridized carbons (Fsp3) is 0.357. The molecule has 1 amide bonds. The maximum absolute atomic E-state index is 12.2. The number of nitrogen functional groups attached to an aromatic ring is 1. The highest BCUT2D eigenvalue weighted by Crippen LogP contribution is 2.27. The second-order valence-corrected chi connectivity index (χ2v) is 5.65. The third-order valence-corrected chi connectivity index (χ3v) is 4.37. The molecular formula is C14H19N5OS. The van der Waals surface area contributed by atoms with Crippen LogP contribution in [0.5, 0.6) is 0 Å². The summed E-state index contributed by atoms with van der Waals surface area (Å²) in [5, 5.41) is 3.58. The van der Waals surface area contributed by atoms with Crippen LogP contribution in [0.1, 0.15) is 27.9 Å². The molecule has 0 bridgehead atoms. The summed E-state index contributed by atoms with van der Waals surface area (Å²) in [6.07, 6.45) is 1.71. The molecule has 0 atom stereocenters. The molecule has 7 heteroatoms. The highest BCUT2D eigenvalue weighted by molar-refractivity contribution is 7.18. The van der Waals surface area contributed by atoms with Crippen LogP contribution < -0.4 is 16.0 Å². The maximum atomic E-state index is 12.2. The van der Waals surface area contributed by atoms with Crippen LogP contribution in [0.15, 0.2) is 18.3 Å². The number of hydrogen-bond acceptors (Lipinski definition) is 6. The Bertz CT molecular complexity index is 640. The zero-order valence-electron chi connectivity index (χ0n) is 12.4. The van der Waals surface area contributed by atoms with Gasteiger partial charge in [0.1, 0.15) is 10.7 Å². The Balaban J connectivity index is 2.07. The van der Waals surface area contributed by atoms with E-state index in [-0.39, 0.29) is 11.7 Å². The molecule has 0 fully saturated rings. The Kier molecular flexibility index (Phi) is 4.74. The predicted octanol–water partition coefficient (Wildman–Crippen LogP) is 1.81. The van der Waals surface area contributed by atoms with Crippen LogP contribution in [-0.4, -0.2) is 29.5 Å². The molecule has 112 valence electrons. The van der Waals surface area contributed by atoms with Crippen molar-refractivity contribution in [3.63, 3.8) is 0 Å². The normalized spacial score (nSPS) is 10.4. The van der Waals surface area contributed by atoms with E-state index in [2.05, 4.69) is 15.3 Å². The molecule has 0 spiro atoms. The maximum Gasteiger partial charge on any atom is 0.265 e. The fourth-order valence-corrected chi connectivity index (χ4v) is 2.66. The highest BCUT2D eigenvalue weighted by Gasteiger charge is 2.17. The molecule has 2 rings (SSSR count). The molecule has 2 heterocycles. The lowest BCUT2D eigenvalue weighted by Crippen LogP contribution is -2.23. The van der Waals surface area contributed by atoms with Crippen molar-refractivity contribution in [2.24, 2.45) is 0 Å². The quantitative estimate of drug-likeness (QED) is 0.880. The predicted molar refractivity (Wildman–Crippen MR) is 85.6 cm³/mol. The minimum atomic E-state index is -0.217. The number of amides is 1. The van der Waals surface area contributed by atoms with Gasteiger partial charge < -0.3 is 16.0 Å². The van der Waals surface area contributed by atoms with E-state index in [9.17, 15) is 4.79 Å². The third-order valence-electron chi connectivity index (χ3n) is 3.18. The number of anilines is 2. The number of thiazole rings is 1. The molecule has 0 radical (unpaired) electrons. The van der Waals surface area contributed by atoms with Crippen LogP contribution in [0.3, 0.4) is 0 Å². The number of carbonyl (C=O) groups is 1. The summed E-state index contributed by atoms with van der Waals surface area (Å²) < 4.78 is 0. The van der Waals surface area contributed by atoms with Gasteiger partial charge in [0.05, 0.1) is 12.2 Å². The van der Waals surface area contributed by atoms with E-state index in [1.54, 1.807) is 6.20 Å². The van der Waals surface area contributed by atoms with Crippen molar-refractivity contribution in [1.29, 1.82) is 0 Å². The lowest BCUT2D eigenvalue weighted by Gasteiger charge is -2.10. The van der Waals surface area contributed by atoms with Gasteiger partial charge in [-0.25, -0.2) is 4.98 Å². The smallest absolute Gasteiger partial charge is 0.265 e. The third kappa shape index (κ3) is 3.49. The van der Waals surface area contributed by atoms with E-state index in [1.807, 2.05) is 37.9 Å². The standard InChI is InChI=1S/C14H19N5OS/c1-4-19(3)14-18-12(15)11(21-14)13(20)17-8-10-9(2)6-5-7-16-10/h5-7H,4,8,15H2,1-3H3,(H,17,20). The molecule has 21 heavy (non-hydrogen) atoms. The minimum Gasteiger partial charge on any atom is -0.382 e. The molecule has 0 aliphatic heterocycles. The summed E-state index contributed by atoms with van der Waals surface area (Å²) in [5.74, 6) is 0.0522. The molecule has 2 aromatic rings. The summed E-state index contributed by atoms with van der Waals surface area (Å²) in [5.41, 5.74) is 7.72. The number of nitrogens with one attached hydrogen (secondary N) is 1. The van der Waals surface area contributed by atoms with E-state index < -0.39 is 0 Å². The van der Waals surface area contributed by atoms with Crippen LogP contribution in [0.25, 0.3) is 0 Å². The first-order chi connectivity index (χ1) is 10.0. The zero-order valence-corrected chi connectivity index (χ0v) is 13.2. The summed E-state index contributed by atoms with van der Waals surface area (Å²) in [6.45, 7) is 5.16. The molecule has 0 saturated carbocycles. The van der Waals surface area contributed by atoms with E-state index >= 15 is 0 Å². The van der Waals surface area contributed by atoms with Crippen molar-refractivity contribution >= 4 is 28.2 Å². The van der Waals surface area contributed by atoms with Gasteiger partial charge in [0.25, 0.3) is 5.91 Å². The molecule has 0 unspecified atom stereocenters. The molecule has 0 aliphatic carbocycles. The monoisotopic (exact) mass is 305 g/mol. The van der Waals surface area contributed by atoms with Crippen molar-refractivity contribution in [1.82, 2.24) is 15.3 Å². The van der Waals surface area contributed by atoms with Gasteiger partial charge in [-0.2, -0.15) is 0 Å². The van der Waals surface area contributed by atoms with Crippen molar-refractivity contribution in [3.8, 4) is 0 Å². The van der Waals surface area contributed by atoms with Crippen molar-refractivity contribution in [3.05, 3.63) is 34.5 Å². The van der Waals surface area contributed by atoms with Crippen LogP contribution in [0.4, 0.5) is 10.9 Å². The number of carbonyl (C=O) groups excluding carboxylic acids is 1. The van der Waals surface area contributed by atoms with E-state index in [0.29, 0.717) is 11.4 Å². The van der Waals surface area contributed by atoms with Crippen LogP contribution >= 0.6 is 11.3 Å². The number of rotatable bonds is 5. The van der Waals surface area contributed by atoms with Gasteiger partial charge in [0.2, 0.25) is 0 Å². The average Bonchev–Trinajstić information content (AvgIpc) is 2.87. The van der Waals surface area contributed by atoms with Crippen LogP contribution in [0, 0.1) is 6.92 Å². The summed E-state index contributed by atoms with van der Waals surface area (Å²) in [7, 11) is 1.91. The lowest BCUT2D eigenvalue weighted by atomic mass is 10.2. The van der Waals surface area contributed by atoms with Gasteiger partial charge in [0.15, 0.2) is 5.13 Å². The van der Waals surface area contributed by atoms with E-state index in [0.717, 1.165) is 22.9 Å². The minimum absolute atomic E-state index is 0.217. The van der Waals surface area contributed by atoms with Crippen molar-refractivity contribution < 1.29 is 4.79 Å². The molecule has 0 aromatic carbocycles. The Hall–Kier alpha value is -2.15. The average molecular weight is 305 g/mol. The topological polar surface area (TPSA) is 84.1 Å². The van der Waals surface area contributed by atoms with Crippen molar-refractivity contribution in [2.45, 2.75) is 20.4 Å². The first kappa shape index (κ1) is 15.2. The Morgan fingerprint density at radius 1 is 1.52 bits per heavy atom. The van der Waals surface area contributed by atoms with Gasteiger partial charge in [-0.3, -0.25) is 9.78 Å². The Morgan fingerprint density at radius 2 is 2.29 bits per heavy atom. The summed E-state index contributed by atoms with van der Waals surface area (Å²) >= 11 is 1.30. The van der Waals surface area contributed by atoms with Gasteiger partial charge in [-0.1, -0.05) is 17.4 Å². The molecule has 6 nitrogen and oxygen atoms in total. The second-order valence-electron chi connectivity index (χ2n) is 4.67. The van der Waals surface area contributed by atoms with Gasteiger partial charge >= 0.3 is 0 Å². The van der Waals surface area contributed by atoms with E-state index in [4.69, 9.17) is 5.73 Å². The first-order valence-electron chi connectivity index (χ1n) is 6.69. The molecule has 2 aromatic heterocycles. The fourth-order valence-electron chi connectivity index (χ4n) is 1.73. The molecular weight excluding hydrogens is 286 g/mol. The number of aromatic nitrogens is 2. The van der Waals surface area contributed by atoms with Crippen LogP contribution in [0.2, 0.25) is 0 Å². The van der Waals surface area contributed by atoms with E-state index in [1.165, 1.54) is 11.3 Å². The zero-order chi connectivity index (χ0) is 15.4. The second kappa shape index (κ2) is 6.53. The summed E-state index contributed by atoms with van der Waals surface area (Å²) in [6, 6.07) is 3.83. The Morgan fingerprint density at radius 3 is 2.95 bits per heavy atom. The van der Waals surface area contributed by atoms with Gasteiger partial charge in [-0.15, -0.1) is 0 Å². The number of nitrogens with zero attached hydrogens (tertiary/aromatic N) is 3. The first-order valence-corrected chi connectivity index (χ1v) is 7.50. The number of aryl methyl sites for hydroxylation is 1. The van der Waals surface area contributed by atoms with Crippen molar-refractivity contribution in [2.75, 3.05) is 24.2 Å². The Labute approximate surface area is 128 Å². The number of pyridine rings is 1. The van der Waals surface area contributed by atoms with Gasteiger partial charge in [0, 0.05) is 19.8 Å². The molecule has 3 N–H and O–H groups in total. The SMILES string of the molecule is CCN(C)c1nc(N)c(C(=O)NCc2ncccc2C)s1. The summed E-state index contributed by atoms with van der Waals surface area (Å²) in [4.78, 5) is 23.1. The molecule has 0 saturated heterocycles.